The van der Waals surface area contributed by atoms with Gasteiger partial charge >= 0.3 is 0 Å². The molecule has 1 saturated carbocycles. The summed E-state index contributed by atoms with van der Waals surface area (Å²) in [5.74, 6) is 0.847. The van der Waals surface area contributed by atoms with Crippen molar-refractivity contribution in [1.82, 2.24) is 0 Å². The predicted molar refractivity (Wildman–Crippen MR) is 83.2 cm³/mol. The Kier molecular flexibility index (Phi) is 5.31. The van der Waals surface area contributed by atoms with E-state index in [1.165, 1.54) is 43.3 Å². The first-order valence-corrected chi connectivity index (χ1v) is 8.40. The van der Waals surface area contributed by atoms with E-state index in [9.17, 15) is 5.11 Å². The average Bonchev–Trinajstić information content (AvgIpc) is 2.79. The highest BCUT2D eigenvalue weighted by atomic mass is 16.6. The standard InChI is InChI=1S/C18H30O2/c1-4-15(5-2)17-16(13-18(19,6-3)20-17)12-14-10-8-7-9-11-14/h4,14,19H,5-13H2,1-3H3/b15-4+. The maximum Gasteiger partial charge on any atom is 0.211 e. The molecule has 0 spiro atoms. The van der Waals surface area contributed by atoms with Crippen LogP contribution in [0.5, 0.6) is 0 Å². The smallest absolute Gasteiger partial charge is 0.211 e. The third-order valence-electron chi connectivity index (χ3n) is 4.94. The molecule has 0 saturated heterocycles. The van der Waals surface area contributed by atoms with E-state index in [1.807, 2.05) is 6.92 Å². The molecule has 114 valence electrons. The Hall–Kier alpha value is -0.760. The minimum Gasteiger partial charge on any atom is -0.462 e. The highest BCUT2D eigenvalue weighted by molar-refractivity contribution is 5.34. The molecule has 0 bridgehead atoms. The summed E-state index contributed by atoms with van der Waals surface area (Å²) in [4.78, 5) is 0. The van der Waals surface area contributed by atoms with Crippen molar-refractivity contribution in [1.29, 1.82) is 0 Å². The van der Waals surface area contributed by atoms with Crippen molar-refractivity contribution in [2.75, 3.05) is 0 Å². The van der Waals surface area contributed by atoms with Gasteiger partial charge in [-0.05, 0) is 36.8 Å². The number of aliphatic hydroxyl groups is 1. The van der Waals surface area contributed by atoms with Crippen LogP contribution in [0.25, 0.3) is 0 Å². The van der Waals surface area contributed by atoms with Gasteiger partial charge in [0.05, 0.1) is 0 Å². The predicted octanol–water partition coefficient (Wildman–Crippen LogP) is 5.09. The fourth-order valence-corrected chi connectivity index (χ4v) is 3.60. The fraction of sp³-hybridized carbons (Fsp3) is 0.778. The quantitative estimate of drug-likeness (QED) is 0.759. The lowest BCUT2D eigenvalue weighted by Crippen LogP contribution is -2.26. The van der Waals surface area contributed by atoms with E-state index in [0.717, 1.165) is 24.5 Å². The molecule has 2 aliphatic rings. The Morgan fingerprint density at radius 1 is 1.30 bits per heavy atom. The van der Waals surface area contributed by atoms with E-state index in [4.69, 9.17) is 4.74 Å². The second-order valence-corrected chi connectivity index (χ2v) is 6.39. The molecular weight excluding hydrogens is 248 g/mol. The molecule has 2 rings (SSSR count). The highest BCUT2D eigenvalue weighted by Crippen LogP contribution is 2.42. The van der Waals surface area contributed by atoms with Crippen LogP contribution in [0.4, 0.5) is 0 Å². The number of ether oxygens (including phenoxy) is 1. The van der Waals surface area contributed by atoms with Crippen molar-refractivity contribution in [3.63, 3.8) is 0 Å². The summed E-state index contributed by atoms with van der Waals surface area (Å²) in [5, 5.41) is 10.5. The molecule has 0 amide bonds. The second kappa shape index (κ2) is 6.80. The zero-order chi connectivity index (χ0) is 14.6. The number of hydrogen-bond donors (Lipinski definition) is 1. The molecule has 1 N–H and O–H groups in total. The van der Waals surface area contributed by atoms with Crippen LogP contribution < -0.4 is 0 Å². The Morgan fingerprint density at radius 3 is 2.55 bits per heavy atom. The van der Waals surface area contributed by atoms with Gasteiger partial charge in [-0.15, -0.1) is 0 Å². The zero-order valence-electron chi connectivity index (χ0n) is 13.4. The van der Waals surface area contributed by atoms with Gasteiger partial charge in [0, 0.05) is 12.8 Å². The minimum atomic E-state index is -0.956. The molecule has 1 fully saturated rings. The lowest BCUT2D eigenvalue weighted by Gasteiger charge is -2.23. The molecule has 1 unspecified atom stereocenters. The first kappa shape index (κ1) is 15.6. The molecule has 1 aliphatic heterocycles. The largest absolute Gasteiger partial charge is 0.462 e. The second-order valence-electron chi connectivity index (χ2n) is 6.39. The Bertz CT molecular complexity index is 388. The first-order valence-electron chi connectivity index (χ1n) is 8.40. The summed E-state index contributed by atoms with van der Waals surface area (Å²) < 4.78 is 5.96. The monoisotopic (exact) mass is 278 g/mol. The van der Waals surface area contributed by atoms with Crippen LogP contribution in [0.2, 0.25) is 0 Å². The first-order chi connectivity index (χ1) is 9.61. The van der Waals surface area contributed by atoms with Crippen molar-refractivity contribution in [3.8, 4) is 0 Å². The van der Waals surface area contributed by atoms with Gasteiger partial charge in [0.2, 0.25) is 5.79 Å². The molecule has 1 aliphatic carbocycles. The van der Waals surface area contributed by atoms with Crippen molar-refractivity contribution >= 4 is 0 Å². The van der Waals surface area contributed by atoms with E-state index >= 15 is 0 Å². The van der Waals surface area contributed by atoms with Crippen LogP contribution in [-0.2, 0) is 4.74 Å². The van der Waals surface area contributed by atoms with Gasteiger partial charge in [-0.3, -0.25) is 0 Å². The molecule has 1 atom stereocenters. The van der Waals surface area contributed by atoms with Gasteiger partial charge in [0.1, 0.15) is 5.76 Å². The maximum atomic E-state index is 10.5. The molecule has 1 heterocycles. The van der Waals surface area contributed by atoms with Gasteiger partial charge in [-0.1, -0.05) is 52.0 Å². The molecule has 0 aromatic rings. The summed E-state index contributed by atoms with van der Waals surface area (Å²) in [6, 6.07) is 0. The Balaban J connectivity index is 2.16. The molecule has 0 aromatic carbocycles. The van der Waals surface area contributed by atoms with Crippen molar-refractivity contribution in [2.45, 2.75) is 84.3 Å². The SMILES string of the molecule is C/C=C(\CC)C1=C(CC2CCCCC2)CC(O)(CC)O1. The third kappa shape index (κ3) is 3.46. The number of allylic oxidation sites excluding steroid dienone is 2. The lowest BCUT2D eigenvalue weighted by molar-refractivity contribution is -0.160. The minimum absolute atomic E-state index is 0.658. The average molecular weight is 278 g/mol. The molecule has 2 nitrogen and oxygen atoms in total. The van der Waals surface area contributed by atoms with E-state index in [-0.39, 0.29) is 0 Å². The van der Waals surface area contributed by atoms with Crippen LogP contribution in [0.3, 0.4) is 0 Å². The summed E-state index contributed by atoms with van der Waals surface area (Å²) in [6.45, 7) is 6.23. The number of rotatable bonds is 5. The summed E-state index contributed by atoms with van der Waals surface area (Å²) in [5.41, 5.74) is 2.61. The molecule has 2 heteroatoms. The molecule has 0 aromatic heterocycles. The van der Waals surface area contributed by atoms with Gasteiger partial charge in [0.15, 0.2) is 0 Å². The fourth-order valence-electron chi connectivity index (χ4n) is 3.60. The Labute approximate surface area is 123 Å². The molecule has 0 radical (unpaired) electrons. The van der Waals surface area contributed by atoms with Crippen LogP contribution in [-0.4, -0.2) is 10.9 Å². The van der Waals surface area contributed by atoms with Crippen molar-refractivity contribution in [2.24, 2.45) is 5.92 Å². The Morgan fingerprint density at radius 2 is 2.00 bits per heavy atom. The summed E-state index contributed by atoms with van der Waals surface area (Å²) in [6.07, 6.45) is 12.4. The van der Waals surface area contributed by atoms with Gasteiger partial charge in [-0.2, -0.15) is 0 Å². The van der Waals surface area contributed by atoms with Crippen LogP contribution in [0.15, 0.2) is 23.0 Å². The topological polar surface area (TPSA) is 29.5 Å². The third-order valence-corrected chi connectivity index (χ3v) is 4.94. The normalized spacial score (nSPS) is 28.9. The van der Waals surface area contributed by atoms with Crippen molar-refractivity contribution in [3.05, 3.63) is 23.0 Å². The van der Waals surface area contributed by atoms with E-state index < -0.39 is 5.79 Å². The van der Waals surface area contributed by atoms with E-state index in [0.29, 0.717) is 12.8 Å². The molecule has 20 heavy (non-hydrogen) atoms. The van der Waals surface area contributed by atoms with Crippen molar-refractivity contribution < 1.29 is 9.84 Å². The van der Waals surface area contributed by atoms with E-state index in [1.54, 1.807) is 0 Å². The van der Waals surface area contributed by atoms with E-state index in [2.05, 4.69) is 19.9 Å². The summed E-state index contributed by atoms with van der Waals surface area (Å²) >= 11 is 0. The van der Waals surface area contributed by atoms with Gasteiger partial charge in [-0.25, -0.2) is 0 Å². The van der Waals surface area contributed by atoms with Gasteiger partial charge in [0.25, 0.3) is 0 Å². The highest BCUT2D eigenvalue weighted by Gasteiger charge is 2.38. The van der Waals surface area contributed by atoms with Crippen LogP contribution in [0, 0.1) is 5.92 Å². The number of hydrogen-bond acceptors (Lipinski definition) is 2. The zero-order valence-corrected chi connectivity index (χ0v) is 13.4. The maximum absolute atomic E-state index is 10.5. The van der Waals surface area contributed by atoms with Crippen LogP contribution in [0.1, 0.15) is 78.6 Å². The summed E-state index contributed by atoms with van der Waals surface area (Å²) in [7, 11) is 0. The van der Waals surface area contributed by atoms with Crippen LogP contribution >= 0.6 is 0 Å². The van der Waals surface area contributed by atoms with Gasteiger partial charge < -0.3 is 9.84 Å². The lowest BCUT2D eigenvalue weighted by atomic mass is 9.83. The molecular formula is C18H30O2.